The maximum Gasteiger partial charge on any atom is 0.252 e. The number of allylic oxidation sites excluding steroid dienone is 2. The van der Waals surface area contributed by atoms with Gasteiger partial charge in [0, 0.05) is 25.8 Å². The number of nitrogens with one attached hydrogen (secondary N) is 1. The number of nitrogen functional groups attached to an aromatic ring is 1. The molecule has 2 aromatic rings. The van der Waals surface area contributed by atoms with E-state index in [0.717, 1.165) is 38.0 Å². The van der Waals surface area contributed by atoms with Gasteiger partial charge in [-0.2, -0.15) is 0 Å². The first-order valence-corrected chi connectivity index (χ1v) is 9.60. The lowest BCUT2D eigenvalue weighted by atomic mass is 9.98. The van der Waals surface area contributed by atoms with Crippen molar-refractivity contribution < 1.29 is 4.79 Å². The van der Waals surface area contributed by atoms with E-state index in [1.165, 1.54) is 16.7 Å². The molecule has 1 saturated heterocycles. The molecule has 3 N–H and O–H groups in total. The maximum absolute atomic E-state index is 12.6. The summed E-state index contributed by atoms with van der Waals surface area (Å²) in [4.78, 5) is 19.0. The third-order valence-electron chi connectivity index (χ3n) is 5.16. The molecule has 1 aromatic heterocycles. The maximum atomic E-state index is 12.6. The number of nitrogens with zero attached hydrogens (tertiary/aromatic N) is 2. The van der Waals surface area contributed by atoms with Gasteiger partial charge in [0.25, 0.3) is 5.91 Å². The van der Waals surface area contributed by atoms with Gasteiger partial charge in [0.15, 0.2) is 0 Å². The molecular weight excluding hydrogens is 336 g/mol. The van der Waals surface area contributed by atoms with E-state index in [-0.39, 0.29) is 5.91 Å². The van der Waals surface area contributed by atoms with Crippen LogP contribution in [-0.4, -0.2) is 30.5 Å². The molecule has 0 aliphatic carbocycles. The van der Waals surface area contributed by atoms with Crippen LogP contribution >= 0.6 is 0 Å². The Morgan fingerprint density at radius 1 is 1.30 bits per heavy atom. The van der Waals surface area contributed by atoms with Gasteiger partial charge in [-0.05, 0) is 55.9 Å². The van der Waals surface area contributed by atoms with Crippen LogP contribution in [0.1, 0.15) is 48.2 Å². The van der Waals surface area contributed by atoms with Gasteiger partial charge < -0.3 is 16.0 Å². The van der Waals surface area contributed by atoms with Gasteiger partial charge >= 0.3 is 0 Å². The van der Waals surface area contributed by atoms with Crippen LogP contribution in [0.5, 0.6) is 0 Å². The fraction of sp³-hybridized carbons (Fsp3) is 0.364. The summed E-state index contributed by atoms with van der Waals surface area (Å²) < 4.78 is 0. The van der Waals surface area contributed by atoms with Crippen LogP contribution < -0.4 is 16.0 Å². The standard InChI is InChI=1S/C22H28N4O/c1-3-16(2)19-9-5-4-8-17(19)10-11-24-22(27)18-14-20(21(23)25-15-18)26-12-6-7-13-26/h3-5,8-9,14-15H,6-7,10-13H2,1-2H3,(H2,23,25)(H,24,27)/b16-3-. The molecule has 27 heavy (non-hydrogen) atoms. The third kappa shape index (κ3) is 4.48. The van der Waals surface area contributed by atoms with E-state index in [2.05, 4.69) is 40.3 Å². The molecular formula is C22H28N4O. The first-order chi connectivity index (χ1) is 13.1. The summed E-state index contributed by atoms with van der Waals surface area (Å²) >= 11 is 0. The Morgan fingerprint density at radius 3 is 2.78 bits per heavy atom. The van der Waals surface area contributed by atoms with Gasteiger partial charge in [-0.25, -0.2) is 4.98 Å². The van der Waals surface area contributed by atoms with Gasteiger partial charge in [-0.1, -0.05) is 30.3 Å². The smallest absolute Gasteiger partial charge is 0.252 e. The minimum Gasteiger partial charge on any atom is -0.382 e. The highest BCUT2D eigenvalue weighted by Crippen LogP contribution is 2.26. The lowest BCUT2D eigenvalue weighted by molar-refractivity contribution is 0.0954. The molecule has 1 aromatic carbocycles. The number of pyridine rings is 1. The van der Waals surface area contributed by atoms with E-state index in [4.69, 9.17) is 5.73 Å². The van der Waals surface area contributed by atoms with Crippen LogP contribution in [0.4, 0.5) is 11.5 Å². The van der Waals surface area contributed by atoms with E-state index in [1.807, 2.05) is 25.1 Å². The highest BCUT2D eigenvalue weighted by atomic mass is 16.1. The molecule has 5 nitrogen and oxygen atoms in total. The first-order valence-electron chi connectivity index (χ1n) is 9.60. The van der Waals surface area contributed by atoms with E-state index in [1.54, 1.807) is 6.20 Å². The molecule has 0 spiro atoms. The Balaban J connectivity index is 1.64. The summed E-state index contributed by atoms with van der Waals surface area (Å²) in [5, 5.41) is 3.01. The Hall–Kier alpha value is -2.82. The highest BCUT2D eigenvalue weighted by Gasteiger charge is 2.18. The Bertz CT molecular complexity index is 838. The lowest BCUT2D eigenvalue weighted by Crippen LogP contribution is -2.27. The zero-order valence-electron chi connectivity index (χ0n) is 16.2. The zero-order chi connectivity index (χ0) is 19.2. The normalized spacial score (nSPS) is 14.4. The van der Waals surface area contributed by atoms with Crippen molar-refractivity contribution >= 4 is 23.0 Å². The second-order valence-corrected chi connectivity index (χ2v) is 6.96. The second-order valence-electron chi connectivity index (χ2n) is 6.96. The molecule has 0 bridgehead atoms. The van der Waals surface area contributed by atoms with Crippen LogP contribution in [0.3, 0.4) is 0 Å². The second kappa shape index (κ2) is 8.71. The zero-order valence-corrected chi connectivity index (χ0v) is 16.2. The van der Waals surface area contributed by atoms with Gasteiger partial charge in [0.05, 0.1) is 11.3 Å². The van der Waals surface area contributed by atoms with Crippen molar-refractivity contribution in [1.29, 1.82) is 0 Å². The summed E-state index contributed by atoms with van der Waals surface area (Å²) in [6, 6.07) is 10.2. The SMILES string of the molecule is C/C=C(/C)c1ccccc1CCNC(=O)c1cnc(N)c(N2CCCC2)c1. The lowest BCUT2D eigenvalue weighted by Gasteiger charge is -2.19. The van der Waals surface area contributed by atoms with E-state index in [0.29, 0.717) is 17.9 Å². The summed E-state index contributed by atoms with van der Waals surface area (Å²) in [6.07, 6.45) is 6.76. The molecule has 0 atom stereocenters. The van der Waals surface area contributed by atoms with Crippen molar-refractivity contribution in [2.24, 2.45) is 0 Å². The van der Waals surface area contributed by atoms with Crippen molar-refractivity contribution in [3.8, 4) is 0 Å². The molecule has 142 valence electrons. The minimum absolute atomic E-state index is 0.108. The predicted molar refractivity (Wildman–Crippen MR) is 112 cm³/mol. The van der Waals surface area contributed by atoms with Crippen LogP contribution in [0, 0.1) is 0 Å². The van der Waals surface area contributed by atoms with Crippen molar-refractivity contribution in [2.45, 2.75) is 33.1 Å². The number of carbonyl (C=O) groups is 1. The number of nitrogens with two attached hydrogens (primary N) is 1. The molecule has 1 fully saturated rings. The highest BCUT2D eigenvalue weighted by molar-refractivity contribution is 5.95. The number of aromatic nitrogens is 1. The number of hydrogen-bond donors (Lipinski definition) is 2. The van der Waals surface area contributed by atoms with E-state index < -0.39 is 0 Å². The topological polar surface area (TPSA) is 71.2 Å². The molecule has 1 aliphatic rings. The average molecular weight is 364 g/mol. The Labute approximate surface area is 161 Å². The summed E-state index contributed by atoms with van der Waals surface area (Å²) in [7, 11) is 0. The molecule has 0 unspecified atom stereocenters. The molecule has 0 radical (unpaired) electrons. The van der Waals surface area contributed by atoms with Crippen LogP contribution in [0.15, 0.2) is 42.6 Å². The van der Waals surface area contributed by atoms with Gasteiger partial charge in [-0.3, -0.25) is 4.79 Å². The minimum atomic E-state index is -0.108. The molecule has 3 rings (SSSR count). The van der Waals surface area contributed by atoms with E-state index >= 15 is 0 Å². The van der Waals surface area contributed by atoms with Gasteiger partial charge in [0.1, 0.15) is 5.82 Å². The Morgan fingerprint density at radius 2 is 2.04 bits per heavy atom. The number of benzene rings is 1. The van der Waals surface area contributed by atoms with Gasteiger partial charge in [0.2, 0.25) is 0 Å². The van der Waals surface area contributed by atoms with Gasteiger partial charge in [-0.15, -0.1) is 0 Å². The molecule has 1 aliphatic heterocycles. The summed E-state index contributed by atoms with van der Waals surface area (Å²) in [5.74, 6) is 0.382. The first kappa shape index (κ1) is 19.0. The number of amides is 1. The van der Waals surface area contributed by atoms with Crippen molar-refractivity contribution in [1.82, 2.24) is 10.3 Å². The largest absolute Gasteiger partial charge is 0.382 e. The summed E-state index contributed by atoms with van der Waals surface area (Å²) in [6.45, 7) is 6.67. The Kier molecular flexibility index (Phi) is 6.12. The molecule has 1 amide bonds. The quantitative estimate of drug-likeness (QED) is 0.821. The predicted octanol–water partition coefficient (Wildman–Crippen LogP) is 3.66. The molecule has 2 heterocycles. The monoisotopic (exact) mass is 364 g/mol. The van der Waals surface area contributed by atoms with Crippen LogP contribution in [0.2, 0.25) is 0 Å². The fourth-order valence-electron chi connectivity index (χ4n) is 3.49. The third-order valence-corrected chi connectivity index (χ3v) is 5.16. The van der Waals surface area contributed by atoms with Crippen LogP contribution in [0.25, 0.3) is 5.57 Å². The van der Waals surface area contributed by atoms with Crippen molar-refractivity contribution in [2.75, 3.05) is 30.3 Å². The van der Waals surface area contributed by atoms with Crippen LogP contribution in [-0.2, 0) is 6.42 Å². The number of rotatable bonds is 6. The number of anilines is 2. The average Bonchev–Trinajstić information content (AvgIpc) is 3.22. The van der Waals surface area contributed by atoms with Crippen molar-refractivity contribution in [3.63, 3.8) is 0 Å². The summed E-state index contributed by atoms with van der Waals surface area (Å²) in [5.41, 5.74) is 11.2. The van der Waals surface area contributed by atoms with E-state index in [9.17, 15) is 4.79 Å². The number of hydrogen-bond acceptors (Lipinski definition) is 4. The number of carbonyl (C=O) groups excluding carboxylic acids is 1. The fourth-order valence-corrected chi connectivity index (χ4v) is 3.49. The molecule has 0 saturated carbocycles. The molecule has 5 heteroatoms. The van der Waals surface area contributed by atoms with Crippen molar-refractivity contribution in [3.05, 3.63) is 59.3 Å².